The topological polar surface area (TPSA) is 64.2 Å². The molecule has 0 unspecified atom stereocenters. The Hall–Kier alpha value is -0.541. The summed E-state index contributed by atoms with van der Waals surface area (Å²) in [6.45, 7) is 1.67. The second kappa shape index (κ2) is 11.1. The van der Waals surface area contributed by atoms with Crippen molar-refractivity contribution in [2.24, 2.45) is 0 Å². The van der Waals surface area contributed by atoms with Gasteiger partial charge in [0.1, 0.15) is 10.1 Å². The quantitative estimate of drug-likeness (QED) is 0.278. The summed E-state index contributed by atoms with van der Waals surface area (Å²) in [4.78, 5) is 7.20. The second-order valence-electron chi connectivity index (χ2n) is 5.12. The van der Waals surface area contributed by atoms with Gasteiger partial charge < -0.3 is 15.5 Å². The third-order valence-electron chi connectivity index (χ3n) is 3.33. The van der Waals surface area contributed by atoms with Crippen LogP contribution in [-0.4, -0.2) is 60.7 Å². The van der Waals surface area contributed by atoms with Crippen LogP contribution in [0.2, 0.25) is 0 Å². The number of benzene rings is 1. The monoisotopic (exact) mass is 448 g/mol. The standard InChI is InChI=1S/C9H8N2S.C6H12N2OS2.Se/c12-8-6-10-9(11-8)7-4-2-1-3-5-7;9-5-1-3-8(4-2-5)7-6(10)11;/h1-6,12H,(H,10,11);5,9H,1-4H2,(H2,7,10,11);. The van der Waals surface area contributed by atoms with E-state index in [0.29, 0.717) is 4.32 Å². The van der Waals surface area contributed by atoms with Gasteiger partial charge in [0.15, 0.2) is 0 Å². The summed E-state index contributed by atoms with van der Waals surface area (Å²) in [6, 6.07) is 9.96. The molecule has 1 fully saturated rings. The summed E-state index contributed by atoms with van der Waals surface area (Å²) in [5.74, 6) is 0.862. The Morgan fingerprint density at radius 3 is 2.42 bits per heavy atom. The minimum atomic E-state index is -0.137. The number of thiol groups is 2. The summed E-state index contributed by atoms with van der Waals surface area (Å²) in [5.41, 5.74) is 4.00. The molecular formula is C15H20N4OS3Se. The average molecular weight is 448 g/mol. The molecule has 24 heavy (non-hydrogen) atoms. The number of piperidine rings is 1. The zero-order valence-corrected chi connectivity index (χ0v) is 17.2. The first kappa shape index (κ1) is 21.5. The van der Waals surface area contributed by atoms with Crippen LogP contribution >= 0.6 is 37.5 Å². The van der Waals surface area contributed by atoms with Gasteiger partial charge in [-0.25, -0.2) is 9.99 Å². The van der Waals surface area contributed by atoms with Gasteiger partial charge in [0.05, 0.1) is 17.3 Å². The van der Waals surface area contributed by atoms with Crippen molar-refractivity contribution in [2.75, 3.05) is 13.1 Å². The molecule has 1 aromatic heterocycles. The van der Waals surface area contributed by atoms with Gasteiger partial charge in [-0.1, -0.05) is 42.5 Å². The summed E-state index contributed by atoms with van der Waals surface area (Å²) < 4.78 is 0.487. The first-order valence-electron chi connectivity index (χ1n) is 7.26. The van der Waals surface area contributed by atoms with E-state index in [0.717, 1.165) is 42.3 Å². The van der Waals surface area contributed by atoms with E-state index < -0.39 is 0 Å². The molecule has 1 aromatic carbocycles. The zero-order valence-electron chi connectivity index (χ0n) is 12.9. The Morgan fingerprint density at radius 1 is 1.29 bits per heavy atom. The van der Waals surface area contributed by atoms with E-state index in [1.807, 2.05) is 35.3 Å². The van der Waals surface area contributed by atoms with E-state index in [1.165, 1.54) is 0 Å². The Balaban J connectivity index is 0.000000232. The maximum absolute atomic E-state index is 9.15. The van der Waals surface area contributed by atoms with Crippen LogP contribution in [0.5, 0.6) is 0 Å². The maximum atomic E-state index is 9.15. The fraction of sp³-hybridized carbons (Fsp3) is 0.333. The number of imidazole rings is 1. The largest absolute Gasteiger partial charge is 0.393 e. The van der Waals surface area contributed by atoms with Crippen LogP contribution in [0, 0.1) is 0 Å². The van der Waals surface area contributed by atoms with Crippen LogP contribution in [-0.2, 0) is 0 Å². The number of aliphatic hydroxyl groups is 1. The van der Waals surface area contributed by atoms with Crippen LogP contribution < -0.4 is 5.43 Å². The van der Waals surface area contributed by atoms with Crippen molar-refractivity contribution in [2.45, 2.75) is 24.0 Å². The van der Waals surface area contributed by atoms with Gasteiger partial charge in [-0.2, -0.15) is 0 Å². The molecule has 130 valence electrons. The van der Waals surface area contributed by atoms with Crippen LogP contribution in [0.15, 0.2) is 41.6 Å². The van der Waals surface area contributed by atoms with E-state index in [2.05, 4.69) is 40.7 Å². The van der Waals surface area contributed by atoms with Gasteiger partial charge in [0.2, 0.25) is 0 Å². The molecule has 0 amide bonds. The molecule has 0 spiro atoms. The van der Waals surface area contributed by atoms with Crippen molar-refractivity contribution >= 4 is 58.9 Å². The number of hydrogen-bond acceptors (Lipinski definition) is 5. The van der Waals surface area contributed by atoms with Crippen molar-refractivity contribution in [1.29, 1.82) is 0 Å². The average Bonchev–Trinajstić information content (AvgIpc) is 2.97. The molecule has 2 radical (unpaired) electrons. The van der Waals surface area contributed by atoms with Crippen LogP contribution in [0.4, 0.5) is 0 Å². The Bertz CT molecular complexity index is 618. The van der Waals surface area contributed by atoms with Gasteiger partial charge in [-0.15, -0.1) is 25.3 Å². The predicted octanol–water partition coefficient (Wildman–Crippen LogP) is 2.15. The fourth-order valence-corrected chi connectivity index (χ4v) is 2.60. The summed E-state index contributed by atoms with van der Waals surface area (Å²) >= 11 is 12.8. The first-order valence-corrected chi connectivity index (χ1v) is 8.57. The molecule has 2 heterocycles. The van der Waals surface area contributed by atoms with E-state index >= 15 is 0 Å². The number of aromatic amines is 1. The summed E-state index contributed by atoms with van der Waals surface area (Å²) in [7, 11) is 0. The van der Waals surface area contributed by atoms with Gasteiger partial charge >= 0.3 is 0 Å². The Morgan fingerprint density at radius 2 is 1.92 bits per heavy atom. The molecule has 0 aliphatic carbocycles. The van der Waals surface area contributed by atoms with E-state index in [1.54, 1.807) is 6.20 Å². The number of thiocarbonyl (C=S) groups is 1. The Kier molecular flexibility index (Phi) is 9.99. The molecule has 1 aliphatic rings. The third-order valence-corrected chi connectivity index (χ3v) is 3.75. The van der Waals surface area contributed by atoms with Crippen molar-refractivity contribution in [3.05, 3.63) is 36.5 Å². The SMILES string of the molecule is OC1CCN(NC(=S)S)CC1.Sc1cnc(-c2ccccc2)[nH]1.[Se]. The molecule has 5 nitrogen and oxygen atoms in total. The summed E-state index contributed by atoms with van der Waals surface area (Å²) in [5, 5.41) is 11.9. The molecule has 0 bridgehead atoms. The maximum Gasteiger partial charge on any atom is 0.145 e. The number of nitrogens with one attached hydrogen (secondary N) is 2. The van der Waals surface area contributed by atoms with Gasteiger partial charge in [-0.05, 0) is 12.8 Å². The minimum absolute atomic E-state index is 0. The first-order chi connectivity index (χ1) is 11.0. The minimum Gasteiger partial charge on any atom is -0.393 e. The van der Waals surface area contributed by atoms with Crippen molar-refractivity contribution in [1.82, 2.24) is 20.4 Å². The molecule has 0 atom stereocenters. The number of aliphatic hydroxyl groups excluding tert-OH is 1. The van der Waals surface area contributed by atoms with E-state index in [4.69, 9.17) is 17.3 Å². The van der Waals surface area contributed by atoms with Crippen molar-refractivity contribution in [3.63, 3.8) is 0 Å². The molecule has 1 saturated heterocycles. The molecular weight excluding hydrogens is 427 g/mol. The second-order valence-corrected chi connectivity index (χ2v) is 6.76. The third kappa shape index (κ3) is 7.56. The van der Waals surface area contributed by atoms with Crippen LogP contribution in [0.1, 0.15) is 12.8 Å². The van der Waals surface area contributed by atoms with E-state index in [9.17, 15) is 0 Å². The molecule has 9 heteroatoms. The molecule has 3 rings (SSSR count). The normalized spacial score (nSPS) is 15.0. The fourth-order valence-electron chi connectivity index (χ4n) is 2.17. The molecule has 1 aliphatic heterocycles. The summed E-state index contributed by atoms with van der Waals surface area (Å²) in [6.07, 6.45) is 3.18. The zero-order chi connectivity index (χ0) is 16.7. The predicted molar refractivity (Wildman–Crippen MR) is 109 cm³/mol. The van der Waals surface area contributed by atoms with Crippen molar-refractivity contribution in [3.8, 4) is 11.4 Å². The molecule has 0 saturated carbocycles. The smallest absolute Gasteiger partial charge is 0.145 e. The van der Waals surface area contributed by atoms with Crippen molar-refractivity contribution < 1.29 is 5.11 Å². The number of rotatable bonds is 2. The number of hydrogen-bond donors (Lipinski definition) is 5. The number of nitrogens with zero attached hydrogens (tertiary/aromatic N) is 2. The number of hydrazine groups is 1. The van der Waals surface area contributed by atoms with Crippen LogP contribution in [0.25, 0.3) is 11.4 Å². The van der Waals surface area contributed by atoms with Crippen LogP contribution in [0.3, 0.4) is 0 Å². The molecule has 2 aromatic rings. The number of H-pyrrole nitrogens is 1. The molecule has 3 N–H and O–H groups in total. The number of aromatic nitrogens is 2. The van der Waals surface area contributed by atoms with Gasteiger partial charge in [-0.3, -0.25) is 0 Å². The van der Waals surface area contributed by atoms with E-state index in [-0.39, 0.29) is 23.2 Å². The Labute approximate surface area is 168 Å². The van der Waals surface area contributed by atoms with Gasteiger partial charge in [0.25, 0.3) is 0 Å². The van der Waals surface area contributed by atoms with Gasteiger partial charge in [0, 0.05) is 35.7 Å².